The first-order valence-corrected chi connectivity index (χ1v) is 6.87. The Labute approximate surface area is 115 Å². The maximum Gasteiger partial charge on any atom is 0.180 e. The third kappa shape index (κ3) is 61.0. The zero-order valence-electron chi connectivity index (χ0n) is 10.4. The molecular weight excluding hydrogens is 270 g/mol. The van der Waals surface area contributed by atoms with Crippen molar-refractivity contribution in [2.24, 2.45) is 5.92 Å². The van der Waals surface area contributed by atoms with Gasteiger partial charge in [0, 0.05) is 13.2 Å². The van der Waals surface area contributed by atoms with E-state index in [1.54, 1.807) is 6.92 Å². The number of unbranched alkanes of at least 4 members (excludes halogenated alkanes) is 2. The lowest BCUT2D eigenvalue weighted by Crippen LogP contribution is -1.88. The molecule has 0 atom stereocenters. The normalized spacial score (nSPS) is 9.38. The van der Waals surface area contributed by atoms with E-state index >= 15 is 0 Å². The lowest BCUT2D eigenvalue weighted by Gasteiger charge is -2.01. The Morgan fingerprint density at radius 2 is 1.31 bits per heavy atom. The Balaban J connectivity index is -0.000000201. The van der Waals surface area contributed by atoms with E-state index in [1.165, 1.54) is 19.3 Å². The topological polar surface area (TPSA) is 40.5 Å². The van der Waals surface area contributed by atoms with Crippen molar-refractivity contribution in [3.05, 3.63) is 0 Å². The number of halogens is 3. The average molecular weight is 296 g/mol. The van der Waals surface area contributed by atoms with E-state index in [0.717, 1.165) is 12.3 Å². The van der Waals surface area contributed by atoms with Crippen LogP contribution < -0.4 is 0 Å². The lowest BCUT2D eigenvalue weighted by molar-refractivity contribution is 0.281. The van der Waals surface area contributed by atoms with Crippen molar-refractivity contribution in [3.8, 4) is 0 Å². The van der Waals surface area contributed by atoms with Gasteiger partial charge in [-0.3, -0.25) is 0 Å². The monoisotopic (exact) mass is 294 g/mol. The predicted molar refractivity (Wildman–Crippen MR) is 74.5 cm³/mol. The second kappa shape index (κ2) is 21.1. The highest BCUT2D eigenvalue weighted by Gasteiger charge is 1.92. The molecule has 0 saturated carbocycles. The second-order valence-electron chi connectivity index (χ2n) is 3.53. The fourth-order valence-electron chi connectivity index (χ4n) is 0.841. The highest BCUT2D eigenvalue weighted by Crippen LogP contribution is 2.07. The molecule has 0 aliphatic rings. The zero-order chi connectivity index (χ0) is 13.4. The summed E-state index contributed by atoms with van der Waals surface area (Å²) in [6.45, 7) is 6.76. The number of hydrogen-bond acceptors (Lipinski definition) is 2. The molecule has 16 heavy (non-hydrogen) atoms. The van der Waals surface area contributed by atoms with Gasteiger partial charge in [-0.1, -0.05) is 67.9 Å². The first-order valence-electron chi connectivity index (χ1n) is 5.56. The molecule has 0 bridgehead atoms. The quantitative estimate of drug-likeness (QED) is 0.590. The number of alkyl halides is 3. The largest absolute Gasteiger partial charge is 0.397 e. The van der Waals surface area contributed by atoms with Crippen LogP contribution in [0.1, 0.15) is 46.5 Å². The van der Waals surface area contributed by atoms with Crippen LogP contribution >= 0.6 is 34.8 Å². The van der Waals surface area contributed by atoms with Crippen LogP contribution in [-0.4, -0.2) is 27.7 Å². The van der Waals surface area contributed by atoms with E-state index in [2.05, 4.69) is 13.8 Å². The van der Waals surface area contributed by atoms with Crippen LogP contribution in [0.5, 0.6) is 0 Å². The summed E-state index contributed by atoms with van der Waals surface area (Å²) in [5.74, 6) is 0.823. The van der Waals surface area contributed by atoms with Crippen LogP contribution in [0.15, 0.2) is 0 Å². The Hall–Kier alpha value is 0.790. The Kier molecular flexibility index (Phi) is 29.0. The first-order chi connectivity index (χ1) is 7.42. The molecule has 0 saturated heterocycles. The van der Waals surface area contributed by atoms with Crippen molar-refractivity contribution < 1.29 is 10.2 Å². The summed E-state index contributed by atoms with van der Waals surface area (Å²) in [6, 6.07) is 0. The van der Waals surface area contributed by atoms with Gasteiger partial charge in [0.2, 0.25) is 0 Å². The summed E-state index contributed by atoms with van der Waals surface area (Å²) < 4.78 is -0.750. The van der Waals surface area contributed by atoms with Crippen molar-refractivity contribution in [1.29, 1.82) is 0 Å². The van der Waals surface area contributed by atoms with Gasteiger partial charge in [0.25, 0.3) is 0 Å². The molecule has 0 amide bonds. The SMILES string of the molecule is CC(C)CCCCCO.CCO.ClC(Cl)Cl. The number of aliphatic hydroxyl groups excluding tert-OH is 2. The van der Waals surface area contributed by atoms with Crippen molar-refractivity contribution in [1.82, 2.24) is 0 Å². The van der Waals surface area contributed by atoms with Crippen molar-refractivity contribution in [2.45, 2.75) is 50.7 Å². The lowest BCUT2D eigenvalue weighted by atomic mass is 10.1. The average Bonchev–Trinajstić information content (AvgIpc) is 2.12. The summed E-state index contributed by atoms with van der Waals surface area (Å²) in [5.41, 5.74) is 0. The molecule has 0 rings (SSSR count). The van der Waals surface area contributed by atoms with Gasteiger partial charge in [-0.25, -0.2) is 0 Å². The van der Waals surface area contributed by atoms with Gasteiger partial charge >= 0.3 is 0 Å². The molecular formula is C11H25Cl3O2. The third-order valence-corrected chi connectivity index (χ3v) is 1.44. The van der Waals surface area contributed by atoms with Gasteiger partial charge in [0.1, 0.15) is 0 Å². The Morgan fingerprint density at radius 3 is 1.56 bits per heavy atom. The maximum absolute atomic E-state index is 8.43. The summed E-state index contributed by atoms with van der Waals surface area (Å²) in [6.07, 6.45) is 4.75. The van der Waals surface area contributed by atoms with Crippen LogP contribution in [-0.2, 0) is 0 Å². The fourth-order valence-corrected chi connectivity index (χ4v) is 0.841. The number of hydrogen-bond donors (Lipinski definition) is 2. The van der Waals surface area contributed by atoms with Gasteiger partial charge in [-0.2, -0.15) is 0 Å². The molecule has 2 N–H and O–H groups in total. The van der Waals surface area contributed by atoms with Gasteiger partial charge in [0.05, 0.1) is 0 Å². The molecule has 0 aromatic heterocycles. The Morgan fingerprint density at radius 1 is 0.938 bits per heavy atom. The molecule has 0 heterocycles. The highest BCUT2D eigenvalue weighted by molar-refractivity contribution is 6.63. The smallest absolute Gasteiger partial charge is 0.180 e. The standard InChI is InChI=1S/C8H18O.C2H6O.CHCl3/c1-8(2)6-4-3-5-7-9;1-2-3;2-1(3)4/h8-9H,3-7H2,1-2H3;3H,2H2,1H3;1H. The number of aliphatic hydroxyl groups is 2. The van der Waals surface area contributed by atoms with Crippen LogP contribution in [0.25, 0.3) is 0 Å². The van der Waals surface area contributed by atoms with Gasteiger partial charge < -0.3 is 10.2 Å². The summed E-state index contributed by atoms with van der Waals surface area (Å²) >= 11 is 14.4. The van der Waals surface area contributed by atoms with Crippen molar-refractivity contribution >= 4 is 34.8 Å². The van der Waals surface area contributed by atoms with Crippen molar-refractivity contribution in [2.75, 3.05) is 13.2 Å². The molecule has 0 aliphatic heterocycles. The van der Waals surface area contributed by atoms with Crippen LogP contribution in [0.3, 0.4) is 0 Å². The van der Waals surface area contributed by atoms with Gasteiger partial charge in [-0.15, -0.1) is 0 Å². The highest BCUT2D eigenvalue weighted by atomic mass is 35.6. The van der Waals surface area contributed by atoms with Crippen LogP contribution in [0, 0.1) is 5.92 Å². The van der Waals surface area contributed by atoms with Crippen LogP contribution in [0.4, 0.5) is 0 Å². The first kappa shape index (κ1) is 22.0. The zero-order valence-corrected chi connectivity index (χ0v) is 12.7. The minimum Gasteiger partial charge on any atom is -0.397 e. The van der Waals surface area contributed by atoms with E-state index in [1.807, 2.05) is 0 Å². The van der Waals surface area contributed by atoms with E-state index < -0.39 is 4.30 Å². The molecule has 0 aliphatic carbocycles. The summed E-state index contributed by atoms with van der Waals surface area (Å²) in [4.78, 5) is 0. The minimum atomic E-state index is -0.750. The second-order valence-corrected chi connectivity index (χ2v) is 5.51. The minimum absolute atomic E-state index is 0.250. The molecule has 0 aromatic rings. The van der Waals surface area contributed by atoms with E-state index in [-0.39, 0.29) is 6.61 Å². The molecule has 5 heteroatoms. The molecule has 0 radical (unpaired) electrons. The third-order valence-electron chi connectivity index (χ3n) is 1.44. The summed E-state index contributed by atoms with van der Waals surface area (Å²) in [5, 5.41) is 16.0. The predicted octanol–water partition coefficient (Wildman–Crippen LogP) is 4.18. The van der Waals surface area contributed by atoms with Gasteiger partial charge in [-0.05, 0) is 19.3 Å². The molecule has 0 unspecified atom stereocenters. The fraction of sp³-hybridized carbons (Fsp3) is 1.00. The molecule has 0 aromatic carbocycles. The molecule has 0 spiro atoms. The molecule has 102 valence electrons. The number of rotatable bonds is 5. The van der Waals surface area contributed by atoms with E-state index in [4.69, 9.17) is 45.0 Å². The van der Waals surface area contributed by atoms with E-state index in [0.29, 0.717) is 6.61 Å². The summed E-state index contributed by atoms with van der Waals surface area (Å²) in [7, 11) is 0. The van der Waals surface area contributed by atoms with Crippen LogP contribution in [0.2, 0.25) is 0 Å². The molecule has 0 fully saturated rings. The maximum atomic E-state index is 8.43. The van der Waals surface area contributed by atoms with Gasteiger partial charge in [0.15, 0.2) is 4.30 Å². The van der Waals surface area contributed by atoms with E-state index in [9.17, 15) is 0 Å². The molecule has 2 nitrogen and oxygen atoms in total. The Bertz CT molecular complexity index is 98.5. The van der Waals surface area contributed by atoms with Crippen molar-refractivity contribution in [3.63, 3.8) is 0 Å².